The van der Waals surface area contributed by atoms with Crippen molar-refractivity contribution in [3.05, 3.63) is 81.0 Å². The zero-order valence-electron chi connectivity index (χ0n) is 18.5. The van der Waals surface area contributed by atoms with Crippen LogP contribution in [0.3, 0.4) is 0 Å². The van der Waals surface area contributed by atoms with E-state index in [9.17, 15) is 4.79 Å². The Hall–Kier alpha value is -2.92. The molecule has 0 saturated carbocycles. The lowest BCUT2D eigenvalue weighted by Crippen LogP contribution is -2.24. The number of benzene rings is 2. The van der Waals surface area contributed by atoms with Gasteiger partial charge in [0.15, 0.2) is 0 Å². The Morgan fingerprint density at radius 1 is 1.00 bits per heavy atom. The van der Waals surface area contributed by atoms with Gasteiger partial charge in [-0.25, -0.2) is 4.98 Å². The fourth-order valence-corrected chi connectivity index (χ4v) is 5.78. The molecule has 2 aromatic carbocycles. The Balaban J connectivity index is 1.42. The second kappa shape index (κ2) is 9.29. The lowest BCUT2D eigenvalue weighted by molar-refractivity contribution is 0.301. The quantitative estimate of drug-likeness (QED) is 0.320. The molecule has 5 heteroatoms. The van der Waals surface area contributed by atoms with Gasteiger partial charge in [0.05, 0.1) is 12.0 Å². The minimum atomic E-state index is 0.119. The molecular weight excluding hydrogens is 416 g/mol. The van der Waals surface area contributed by atoms with Crippen LogP contribution in [-0.4, -0.2) is 16.2 Å². The second-order valence-corrected chi connectivity index (χ2v) is 9.55. The van der Waals surface area contributed by atoms with Crippen molar-refractivity contribution in [2.24, 2.45) is 0 Å². The van der Waals surface area contributed by atoms with Gasteiger partial charge < -0.3 is 4.74 Å². The molecule has 0 N–H and O–H groups in total. The number of unbranched alkanes of at least 4 members (excludes halogenated alkanes) is 1. The van der Waals surface area contributed by atoms with E-state index in [-0.39, 0.29) is 5.56 Å². The predicted octanol–water partition coefficient (Wildman–Crippen LogP) is 6.17. The summed E-state index contributed by atoms with van der Waals surface area (Å²) in [6.07, 6.45) is 6.20. The average Bonchev–Trinajstić information content (AvgIpc) is 3.20. The molecule has 4 aromatic rings. The number of thiophene rings is 1. The third kappa shape index (κ3) is 4.09. The van der Waals surface area contributed by atoms with E-state index in [0.29, 0.717) is 13.2 Å². The Morgan fingerprint density at radius 2 is 1.78 bits per heavy atom. The summed E-state index contributed by atoms with van der Waals surface area (Å²) in [6, 6.07) is 18.2. The number of aryl methyl sites for hydroxylation is 3. The first-order valence-electron chi connectivity index (χ1n) is 11.5. The summed E-state index contributed by atoms with van der Waals surface area (Å²) in [7, 11) is 0. The average molecular weight is 445 g/mol. The van der Waals surface area contributed by atoms with Crippen LogP contribution in [-0.2, 0) is 19.4 Å². The van der Waals surface area contributed by atoms with E-state index in [1.54, 1.807) is 11.3 Å². The molecule has 1 aliphatic carbocycles. The zero-order valence-corrected chi connectivity index (χ0v) is 19.3. The number of ether oxygens (including phenoxy) is 1. The largest absolute Gasteiger partial charge is 0.493 e. The lowest BCUT2D eigenvalue weighted by atomic mass is 9.97. The van der Waals surface area contributed by atoms with Crippen molar-refractivity contribution in [3.63, 3.8) is 0 Å². The summed E-state index contributed by atoms with van der Waals surface area (Å²) in [5.41, 5.74) is 3.51. The summed E-state index contributed by atoms with van der Waals surface area (Å²) in [5.74, 6) is 1.71. The summed E-state index contributed by atoms with van der Waals surface area (Å²) in [4.78, 5) is 21.0. The number of rotatable bonds is 7. The number of para-hydroxylation sites is 1. The third-order valence-electron chi connectivity index (χ3n) is 6.23. The smallest absolute Gasteiger partial charge is 0.262 e. The van der Waals surface area contributed by atoms with Crippen LogP contribution in [0.2, 0.25) is 0 Å². The molecule has 164 valence electrons. The minimum absolute atomic E-state index is 0.119. The predicted molar refractivity (Wildman–Crippen MR) is 132 cm³/mol. The van der Waals surface area contributed by atoms with Gasteiger partial charge >= 0.3 is 0 Å². The molecule has 4 nitrogen and oxygen atoms in total. The number of hydrogen-bond donors (Lipinski definition) is 0. The molecule has 0 aliphatic heterocycles. The van der Waals surface area contributed by atoms with E-state index in [4.69, 9.17) is 9.72 Å². The highest BCUT2D eigenvalue weighted by Gasteiger charge is 2.22. The van der Waals surface area contributed by atoms with Crippen LogP contribution >= 0.6 is 11.3 Å². The van der Waals surface area contributed by atoms with Crippen LogP contribution < -0.4 is 10.3 Å². The summed E-state index contributed by atoms with van der Waals surface area (Å²) in [5, 5.41) is 0.862. The molecule has 2 heterocycles. The van der Waals surface area contributed by atoms with Gasteiger partial charge in [-0.2, -0.15) is 0 Å². The molecule has 32 heavy (non-hydrogen) atoms. The molecule has 2 aromatic heterocycles. The normalized spacial score (nSPS) is 13.3. The van der Waals surface area contributed by atoms with Gasteiger partial charge in [0, 0.05) is 17.0 Å². The molecule has 0 unspecified atom stereocenters. The molecule has 0 amide bonds. The van der Waals surface area contributed by atoms with Crippen molar-refractivity contribution >= 4 is 21.6 Å². The first-order chi connectivity index (χ1) is 15.7. The van der Waals surface area contributed by atoms with Gasteiger partial charge in [0.1, 0.15) is 16.4 Å². The van der Waals surface area contributed by atoms with E-state index >= 15 is 0 Å². The first-order valence-corrected chi connectivity index (χ1v) is 12.3. The van der Waals surface area contributed by atoms with Crippen LogP contribution in [0.25, 0.3) is 21.6 Å². The maximum absolute atomic E-state index is 13.7. The standard InChI is InChI=1S/C27H28N2O2S/c1-19-11-5-7-15-22(19)31-18-10-9-17-29-25(20-12-3-2-4-13-20)28-26-24(27(29)30)21-14-6-8-16-23(21)32-26/h2-5,7,11-13,15H,6,8-10,14,16-18H2,1H3. The molecule has 0 fully saturated rings. The molecule has 0 saturated heterocycles. The SMILES string of the molecule is Cc1ccccc1OCCCCn1c(-c2ccccc2)nc2sc3c(c2c1=O)CCCC3. The van der Waals surface area contributed by atoms with Crippen LogP contribution in [0.4, 0.5) is 0 Å². The molecule has 0 bridgehead atoms. The van der Waals surface area contributed by atoms with Crippen molar-refractivity contribution in [1.29, 1.82) is 0 Å². The summed E-state index contributed by atoms with van der Waals surface area (Å²) < 4.78 is 7.85. The van der Waals surface area contributed by atoms with Crippen LogP contribution in [0.15, 0.2) is 59.4 Å². The van der Waals surface area contributed by atoms with Crippen molar-refractivity contribution in [1.82, 2.24) is 9.55 Å². The molecule has 0 radical (unpaired) electrons. The topological polar surface area (TPSA) is 44.1 Å². The fourth-order valence-electron chi connectivity index (χ4n) is 4.53. The minimum Gasteiger partial charge on any atom is -0.493 e. The van der Waals surface area contributed by atoms with Crippen molar-refractivity contribution in [3.8, 4) is 17.1 Å². The van der Waals surface area contributed by atoms with Crippen LogP contribution in [0, 0.1) is 6.92 Å². The van der Waals surface area contributed by atoms with Gasteiger partial charge in [-0.15, -0.1) is 11.3 Å². The van der Waals surface area contributed by atoms with Gasteiger partial charge in [-0.05, 0) is 62.6 Å². The monoisotopic (exact) mass is 444 g/mol. The van der Waals surface area contributed by atoms with Gasteiger partial charge in [0.2, 0.25) is 0 Å². The summed E-state index contributed by atoms with van der Waals surface area (Å²) >= 11 is 1.72. The Kier molecular flexibility index (Phi) is 6.08. The van der Waals surface area contributed by atoms with Crippen molar-refractivity contribution in [2.45, 2.75) is 52.0 Å². The van der Waals surface area contributed by atoms with Gasteiger partial charge in [0.25, 0.3) is 5.56 Å². The Bertz CT molecular complexity index is 1290. The van der Waals surface area contributed by atoms with Crippen LogP contribution in [0.5, 0.6) is 5.75 Å². The number of hydrogen-bond acceptors (Lipinski definition) is 4. The highest BCUT2D eigenvalue weighted by molar-refractivity contribution is 7.18. The lowest BCUT2D eigenvalue weighted by Gasteiger charge is -2.14. The molecule has 1 aliphatic rings. The number of nitrogens with zero attached hydrogens (tertiary/aromatic N) is 2. The van der Waals surface area contributed by atoms with Crippen LogP contribution in [0.1, 0.15) is 41.7 Å². The first kappa shape index (κ1) is 21.0. The third-order valence-corrected chi connectivity index (χ3v) is 7.42. The van der Waals surface area contributed by atoms with Gasteiger partial charge in [-0.1, -0.05) is 48.5 Å². The Labute approximate surface area is 192 Å². The van der Waals surface area contributed by atoms with E-state index < -0.39 is 0 Å². The van der Waals surface area contributed by atoms with Gasteiger partial charge in [-0.3, -0.25) is 9.36 Å². The molecule has 0 atom stereocenters. The molecular formula is C27H28N2O2S. The van der Waals surface area contributed by atoms with E-state index in [1.807, 2.05) is 53.1 Å². The zero-order chi connectivity index (χ0) is 21.9. The van der Waals surface area contributed by atoms with E-state index in [2.05, 4.69) is 13.0 Å². The maximum atomic E-state index is 13.7. The highest BCUT2D eigenvalue weighted by Crippen LogP contribution is 2.34. The van der Waals surface area contributed by atoms with E-state index in [0.717, 1.165) is 65.0 Å². The molecule has 0 spiro atoms. The second-order valence-electron chi connectivity index (χ2n) is 8.47. The fraction of sp³-hybridized carbons (Fsp3) is 0.333. The molecule has 5 rings (SSSR count). The van der Waals surface area contributed by atoms with E-state index in [1.165, 1.54) is 16.9 Å². The van der Waals surface area contributed by atoms with Crippen molar-refractivity contribution < 1.29 is 4.74 Å². The summed E-state index contributed by atoms with van der Waals surface area (Å²) in [6.45, 7) is 3.35. The number of aromatic nitrogens is 2. The Morgan fingerprint density at radius 3 is 2.62 bits per heavy atom. The highest BCUT2D eigenvalue weighted by atomic mass is 32.1. The maximum Gasteiger partial charge on any atom is 0.262 e. The number of fused-ring (bicyclic) bond motifs is 3. The van der Waals surface area contributed by atoms with Crippen molar-refractivity contribution in [2.75, 3.05) is 6.61 Å².